The fourth-order valence-corrected chi connectivity index (χ4v) is 2.80. The zero-order valence-corrected chi connectivity index (χ0v) is 12.5. The number of carboxylic acid groups (broad SMARTS) is 1. The molecule has 0 radical (unpaired) electrons. The molecule has 1 amide bonds. The van der Waals surface area contributed by atoms with E-state index in [2.05, 4.69) is 19.1 Å². The van der Waals surface area contributed by atoms with Crippen molar-refractivity contribution in [3.8, 4) is 0 Å². The number of carboxylic acids is 1. The van der Waals surface area contributed by atoms with Gasteiger partial charge < -0.3 is 10.0 Å². The topological polar surface area (TPSA) is 57.6 Å². The van der Waals surface area contributed by atoms with Gasteiger partial charge in [0.2, 0.25) is 5.91 Å². The van der Waals surface area contributed by atoms with Gasteiger partial charge in [0.25, 0.3) is 0 Å². The summed E-state index contributed by atoms with van der Waals surface area (Å²) in [6.45, 7) is 2.73. The first-order chi connectivity index (χ1) is 10.1. The third-order valence-electron chi connectivity index (χ3n) is 4.06. The molecule has 0 spiro atoms. The summed E-state index contributed by atoms with van der Waals surface area (Å²) in [5.74, 6) is -0.975. The lowest BCUT2D eigenvalue weighted by molar-refractivity contribution is -0.148. The molecular weight excluding hydrogens is 266 g/mol. The Morgan fingerprint density at radius 3 is 2.52 bits per heavy atom. The molecule has 0 aromatic heterocycles. The SMILES string of the molecule is CCCCc1ccc(CC(=O)N2CCC[C@H]2C(=O)O)cc1. The summed E-state index contributed by atoms with van der Waals surface area (Å²) >= 11 is 0. The molecule has 4 heteroatoms. The van der Waals surface area contributed by atoms with E-state index in [1.165, 1.54) is 23.3 Å². The van der Waals surface area contributed by atoms with Gasteiger partial charge in [0.15, 0.2) is 0 Å². The number of likely N-dealkylation sites (tertiary alicyclic amines) is 1. The highest BCUT2D eigenvalue weighted by Gasteiger charge is 2.33. The summed E-state index contributed by atoms with van der Waals surface area (Å²) < 4.78 is 0. The number of unbranched alkanes of at least 4 members (excludes halogenated alkanes) is 1. The molecule has 1 N–H and O–H groups in total. The molecule has 4 nitrogen and oxygen atoms in total. The van der Waals surface area contributed by atoms with Gasteiger partial charge in [-0.25, -0.2) is 4.79 Å². The first-order valence-electron chi connectivity index (χ1n) is 7.72. The molecular formula is C17H23NO3. The summed E-state index contributed by atoms with van der Waals surface area (Å²) in [6, 6.07) is 7.46. The fraction of sp³-hybridized carbons (Fsp3) is 0.529. The highest BCUT2D eigenvalue weighted by molar-refractivity contribution is 5.85. The monoisotopic (exact) mass is 289 g/mol. The number of benzene rings is 1. The second kappa shape index (κ2) is 7.25. The molecule has 1 aromatic carbocycles. The third-order valence-corrected chi connectivity index (χ3v) is 4.06. The second-order valence-corrected chi connectivity index (χ2v) is 5.68. The molecule has 0 aliphatic carbocycles. The van der Waals surface area contributed by atoms with Crippen LogP contribution in [0.4, 0.5) is 0 Å². The number of amides is 1. The van der Waals surface area contributed by atoms with Gasteiger partial charge in [-0.1, -0.05) is 37.6 Å². The number of rotatable bonds is 6. The molecule has 1 aromatic rings. The molecule has 1 atom stereocenters. The van der Waals surface area contributed by atoms with E-state index in [-0.39, 0.29) is 12.3 Å². The van der Waals surface area contributed by atoms with Gasteiger partial charge in [0, 0.05) is 6.54 Å². The molecule has 1 heterocycles. The van der Waals surface area contributed by atoms with Crippen LogP contribution < -0.4 is 0 Å². The molecule has 1 saturated heterocycles. The summed E-state index contributed by atoms with van der Waals surface area (Å²) in [5.41, 5.74) is 2.24. The molecule has 114 valence electrons. The minimum absolute atomic E-state index is 0.0822. The van der Waals surface area contributed by atoms with Gasteiger partial charge in [0.1, 0.15) is 6.04 Å². The number of aliphatic carboxylic acids is 1. The van der Waals surface area contributed by atoms with Crippen molar-refractivity contribution in [1.29, 1.82) is 0 Å². The highest BCUT2D eigenvalue weighted by atomic mass is 16.4. The molecule has 21 heavy (non-hydrogen) atoms. The van der Waals surface area contributed by atoms with E-state index in [4.69, 9.17) is 5.11 Å². The third kappa shape index (κ3) is 4.06. The number of hydrogen-bond donors (Lipinski definition) is 1. The molecule has 1 aliphatic rings. The maximum absolute atomic E-state index is 12.2. The van der Waals surface area contributed by atoms with Crippen molar-refractivity contribution >= 4 is 11.9 Å². The molecule has 1 aliphatic heterocycles. The van der Waals surface area contributed by atoms with Gasteiger partial charge >= 0.3 is 5.97 Å². The molecule has 1 fully saturated rings. The summed E-state index contributed by atoms with van der Waals surface area (Å²) in [5, 5.41) is 9.12. The highest BCUT2D eigenvalue weighted by Crippen LogP contribution is 2.19. The lowest BCUT2D eigenvalue weighted by Crippen LogP contribution is -2.41. The van der Waals surface area contributed by atoms with Gasteiger partial charge in [-0.2, -0.15) is 0 Å². The average Bonchev–Trinajstić information content (AvgIpc) is 2.96. The van der Waals surface area contributed by atoms with E-state index < -0.39 is 12.0 Å². The first kappa shape index (κ1) is 15.5. The van der Waals surface area contributed by atoms with E-state index in [1.807, 2.05) is 12.1 Å². The van der Waals surface area contributed by atoms with Crippen LogP contribution in [-0.2, 0) is 22.4 Å². The zero-order chi connectivity index (χ0) is 15.2. The summed E-state index contributed by atoms with van der Waals surface area (Å²) in [6.07, 6.45) is 5.05. The van der Waals surface area contributed by atoms with Gasteiger partial charge in [0.05, 0.1) is 6.42 Å². The molecule has 0 unspecified atom stereocenters. The Labute approximate surface area is 125 Å². The predicted molar refractivity (Wildman–Crippen MR) is 81.1 cm³/mol. The Balaban J connectivity index is 1.94. The Kier molecular flexibility index (Phi) is 5.37. The predicted octanol–water partition coefficient (Wildman–Crippen LogP) is 2.65. The summed E-state index contributed by atoms with van der Waals surface area (Å²) in [7, 11) is 0. The quantitative estimate of drug-likeness (QED) is 0.876. The minimum atomic E-state index is -0.893. The van der Waals surface area contributed by atoms with Crippen LogP contribution in [0.15, 0.2) is 24.3 Å². The number of hydrogen-bond acceptors (Lipinski definition) is 2. The Hall–Kier alpha value is -1.84. The van der Waals surface area contributed by atoms with E-state index in [9.17, 15) is 9.59 Å². The number of carbonyl (C=O) groups excluding carboxylic acids is 1. The Morgan fingerprint density at radius 2 is 1.90 bits per heavy atom. The van der Waals surface area contributed by atoms with Crippen molar-refractivity contribution in [1.82, 2.24) is 4.90 Å². The van der Waals surface area contributed by atoms with Crippen LogP contribution >= 0.6 is 0 Å². The molecule has 0 saturated carbocycles. The van der Waals surface area contributed by atoms with Gasteiger partial charge in [-0.05, 0) is 36.8 Å². The maximum atomic E-state index is 12.2. The van der Waals surface area contributed by atoms with Crippen LogP contribution in [0.2, 0.25) is 0 Å². The van der Waals surface area contributed by atoms with Crippen LogP contribution in [0.1, 0.15) is 43.7 Å². The lowest BCUT2D eigenvalue weighted by atomic mass is 10.0. The molecule has 0 bridgehead atoms. The standard InChI is InChI=1S/C17H23NO3/c1-2-3-5-13-7-9-14(10-8-13)12-16(19)18-11-4-6-15(18)17(20)21/h7-10,15H,2-6,11-12H2,1H3,(H,20,21)/t15-/m0/s1. The number of nitrogens with zero attached hydrogens (tertiary/aromatic N) is 1. The average molecular weight is 289 g/mol. The van der Waals surface area contributed by atoms with Crippen molar-refractivity contribution in [2.45, 2.75) is 51.5 Å². The summed E-state index contributed by atoms with van der Waals surface area (Å²) in [4.78, 5) is 24.9. The van der Waals surface area contributed by atoms with E-state index in [0.29, 0.717) is 13.0 Å². The largest absolute Gasteiger partial charge is 0.480 e. The fourth-order valence-electron chi connectivity index (χ4n) is 2.80. The van der Waals surface area contributed by atoms with Crippen LogP contribution in [0.3, 0.4) is 0 Å². The van der Waals surface area contributed by atoms with Crippen LogP contribution in [0, 0.1) is 0 Å². The minimum Gasteiger partial charge on any atom is -0.480 e. The van der Waals surface area contributed by atoms with Crippen molar-refractivity contribution in [3.63, 3.8) is 0 Å². The first-order valence-corrected chi connectivity index (χ1v) is 7.72. The van der Waals surface area contributed by atoms with E-state index in [0.717, 1.165) is 18.4 Å². The lowest BCUT2D eigenvalue weighted by Gasteiger charge is -2.21. The number of carbonyl (C=O) groups is 2. The van der Waals surface area contributed by atoms with Gasteiger partial charge in [-0.3, -0.25) is 4.79 Å². The van der Waals surface area contributed by atoms with Crippen molar-refractivity contribution < 1.29 is 14.7 Å². The van der Waals surface area contributed by atoms with Crippen LogP contribution in [0.5, 0.6) is 0 Å². The van der Waals surface area contributed by atoms with Crippen molar-refractivity contribution in [3.05, 3.63) is 35.4 Å². The maximum Gasteiger partial charge on any atom is 0.326 e. The van der Waals surface area contributed by atoms with Crippen LogP contribution in [-0.4, -0.2) is 34.5 Å². The molecule has 2 rings (SSSR count). The van der Waals surface area contributed by atoms with E-state index in [1.54, 1.807) is 0 Å². The smallest absolute Gasteiger partial charge is 0.326 e. The Morgan fingerprint density at radius 1 is 1.24 bits per heavy atom. The number of aryl methyl sites for hydroxylation is 1. The van der Waals surface area contributed by atoms with Crippen molar-refractivity contribution in [2.75, 3.05) is 6.54 Å². The second-order valence-electron chi connectivity index (χ2n) is 5.68. The zero-order valence-electron chi connectivity index (χ0n) is 12.5. The van der Waals surface area contributed by atoms with E-state index >= 15 is 0 Å². The Bertz CT molecular complexity index is 495. The van der Waals surface area contributed by atoms with Crippen LogP contribution in [0.25, 0.3) is 0 Å². The van der Waals surface area contributed by atoms with Gasteiger partial charge in [-0.15, -0.1) is 0 Å². The van der Waals surface area contributed by atoms with Crippen molar-refractivity contribution in [2.24, 2.45) is 0 Å². The normalized spacial score (nSPS) is 18.0.